The van der Waals surface area contributed by atoms with Crippen molar-refractivity contribution >= 4 is 17.5 Å². The number of carbonyl (C=O) groups excluding carboxylic acids is 2. The van der Waals surface area contributed by atoms with E-state index in [1.165, 1.54) is 0 Å². The summed E-state index contributed by atoms with van der Waals surface area (Å²) < 4.78 is 5.16. The summed E-state index contributed by atoms with van der Waals surface area (Å²) in [7, 11) is 1.55. The van der Waals surface area contributed by atoms with Gasteiger partial charge in [0, 0.05) is 25.1 Å². The molecule has 23 heavy (non-hydrogen) atoms. The van der Waals surface area contributed by atoms with Crippen LogP contribution in [0.2, 0.25) is 0 Å². The largest absolute Gasteiger partial charge is 0.497 e. The maximum atomic E-state index is 12.5. The molecule has 1 aliphatic rings. The number of benzene rings is 2. The van der Waals surface area contributed by atoms with Gasteiger partial charge in [0.15, 0.2) is 5.78 Å². The molecule has 0 saturated heterocycles. The zero-order valence-corrected chi connectivity index (χ0v) is 12.9. The second-order valence-electron chi connectivity index (χ2n) is 5.35. The van der Waals surface area contributed by atoms with Gasteiger partial charge in [0.2, 0.25) is 0 Å². The Hall–Kier alpha value is -2.82. The number of anilines is 1. The lowest BCUT2D eigenvalue weighted by Gasteiger charge is -2.29. The molecule has 5 heteroatoms. The first-order valence-corrected chi connectivity index (χ1v) is 7.49. The third kappa shape index (κ3) is 3.18. The molecule has 0 unspecified atom stereocenters. The van der Waals surface area contributed by atoms with E-state index in [9.17, 15) is 9.59 Å². The fraction of sp³-hybridized carbons (Fsp3) is 0.222. The Kier molecular flexibility index (Phi) is 4.28. The predicted molar refractivity (Wildman–Crippen MR) is 88.0 cm³/mol. The van der Waals surface area contributed by atoms with Gasteiger partial charge in [-0.05, 0) is 23.8 Å². The minimum Gasteiger partial charge on any atom is -0.497 e. The molecule has 2 aromatic rings. The van der Waals surface area contributed by atoms with Crippen LogP contribution in [-0.2, 0) is 6.54 Å². The number of hydrogen-bond donors (Lipinski definition) is 1. The van der Waals surface area contributed by atoms with Crippen molar-refractivity contribution in [1.82, 2.24) is 5.32 Å². The van der Waals surface area contributed by atoms with E-state index in [1.807, 2.05) is 30.3 Å². The number of urea groups is 1. The smallest absolute Gasteiger partial charge is 0.322 e. The van der Waals surface area contributed by atoms with Crippen molar-refractivity contribution < 1.29 is 14.3 Å². The normalized spacial score (nSPS) is 13.4. The molecule has 2 amide bonds. The first-order valence-electron chi connectivity index (χ1n) is 7.49. The number of nitrogens with one attached hydrogen (secondary N) is 1. The molecule has 0 spiro atoms. The average molecular weight is 310 g/mol. The third-order valence-electron chi connectivity index (χ3n) is 3.89. The number of fused-ring (bicyclic) bond motifs is 1. The van der Waals surface area contributed by atoms with Gasteiger partial charge in [-0.2, -0.15) is 0 Å². The standard InChI is InChI=1S/C18H18N2O3/c1-23-14-7-8-16-15(11-14)17(21)9-10-20(16)18(22)19-12-13-5-3-2-4-6-13/h2-8,11H,9-10,12H2,1H3,(H,19,22). The maximum absolute atomic E-state index is 12.5. The molecule has 118 valence electrons. The van der Waals surface area contributed by atoms with E-state index < -0.39 is 0 Å². The Bertz CT molecular complexity index is 728. The van der Waals surface area contributed by atoms with Crippen molar-refractivity contribution in [1.29, 1.82) is 0 Å². The molecular formula is C18H18N2O3. The van der Waals surface area contributed by atoms with Crippen LogP contribution in [0.15, 0.2) is 48.5 Å². The first-order chi connectivity index (χ1) is 11.2. The van der Waals surface area contributed by atoms with Gasteiger partial charge in [0.1, 0.15) is 5.75 Å². The molecule has 1 heterocycles. The number of amides is 2. The number of rotatable bonds is 3. The Labute approximate surface area is 134 Å². The van der Waals surface area contributed by atoms with E-state index >= 15 is 0 Å². The van der Waals surface area contributed by atoms with Crippen LogP contribution in [-0.4, -0.2) is 25.5 Å². The average Bonchev–Trinajstić information content (AvgIpc) is 2.60. The van der Waals surface area contributed by atoms with Gasteiger partial charge >= 0.3 is 6.03 Å². The minimum atomic E-state index is -0.201. The summed E-state index contributed by atoms with van der Waals surface area (Å²) in [6, 6.07) is 14.7. The van der Waals surface area contributed by atoms with Crippen LogP contribution in [0, 0.1) is 0 Å². The molecule has 0 aliphatic carbocycles. The van der Waals surface area contributed by atoms with Gasteiger partial charge in [-0.15, -0.1) is 0 Å². The van der Waals surface area contributed by atoms with Crippen LogP contribution >= 0.6 is 0 Å². The van der Waals surface area contributed by atoms with Crippen molar-refractivity contribution in [2.75, 3.05) is 18.6 Å². The van der Waals surface area contributed by atoms with E-state index in [4.69, 9.17) is 4.74 Å². The number of ketones is 1. The highest BCUT2D eigenvalue weighted by Gasteiger charge is 2.27. The number of Topliss-reactive ketones (excluding diaryl/α,β-unsaturated/α-hetero) is 1. The summed E-state index contributed by atoms with van der Waals surface area (Å²) in [5, 5.41) is 2.90. The number of nitrogens with zero attached hydrogens (tertiary/aromatic N) is 1. The molecule has 2 aromatic carbocycles. The molecule has 0 saturated carbocycles. The minimum absolute atomic E-state index is 0.0333. The number of hydrogen-bond acceptors (Lipinski definition) is 3. The van der Waals surface area contributed by atoms with E-state index in [-0.39, 0.29) is 11.8 Å². The molecule has 0 bridgehead atoms. The van der Waals surface area contributed by atoms with Gasteiger partial charge in [0.25, 0.3) is 0 Å². The zero-order chi connectivity index (χ0) is 16.2. The summed E-state index contributed by atoms with van der Waals surface area (Å²) >= 11 is 0. The van der Waals surface area contributed by atoms with Gasteiger partial charge in [0.05, 0.1) is 12.8 Å². The predicted octanol–water partition coefficient (Wildman–Crippen LogP) is 3.00. The molecule has 1 aliphatic heterocycles. The highest BCUT2D eigenvalue weighted by atomic mass is 16.5. The second-order valence-corrected chi connectivity index (χ2v) is 5.35. The van der Waals surface area contributed by atoms with E-state index in [2.05, 4.69) is 5.32 Å². The lowest BCUT2D eigenvalue weighted by molar-refractivity contribution is 0.0980. The van der Waals surface area contributed by atoms with Gasteiger partial charge < -0.3 is 10.1 Å². The van der Waals surface area contributed by atoms with E-state index in [1.54, 1.807) is 30.2 Å². The molecule has 0 aromatic heterocycles. The Balaban J connectivity index is 1.77. The van der Waals surface area contributed by atoms with Crippen LogP contribution in [0.25, 0.3) is 0 Å². The van der Waals surface area contributed by atoms with Gasteiger partial charge in [-0.3, -0.25) is 9.69 Å². The third-order valence-corrected chi connectivity index (χ3v) is 3.89. The number of carbonyl (C=O) groups is 2. The van der Waals surface area contributed by atoms with Crippen molar-refractivity contribution in [3.05, 3.63) is 59.7 Å². The van der Waals surface area contributed by atoms with Crippen molar-refractivity contribution in [3.8, 4) is 5.75 Å². The number of ether oxygens (including phenoxy) is 1. The first kappa shape index (κ1) is 15.1. The van der Waals surface area contributed by atoms with Crippen LogP contribution in [0.4, 0.5) is 10.5 Å². The summed E-state index contributed by atoms with van der Waals surface area (Å²) in [5.41, 5.74) is 2.20. The van der Waals surface area contributed by atoms with E-state index in [0.29, 0.717) is 36.5 Å². The highest BCUT2D eigenvalue weighted by molar-refractivity contribution is 6.08. The second kappa shape index (κ2) is 6.52. The molecule has 5 nitrogen and oxygen atoms in total. The van der Waals surface area contributed by atoms with Crippen LogP contribution in [0.1, 0.15) is 22.3 Å². The Morgan fingerprint density at radius 3 is 2.74 bits per heavy atom. The van der Waals surface area contributed by atoms with Gasteiger partial charge in [-0.1, -0.05) is 30.3 Å². The molecule has 3 rings (SSSR count). The van der Waals surface area contributed by atoms with Crippen molar-refractivity contribution in [2.24, 2.45) is 0 Å². The van der Waals surface area contributed by atoms with Crippen LogP contribution in [0.3, 0.4) is 0 Å². The fourth-order valence-corrected chi connectivity index (χ4v) is 2.65. The fourth-order valence-electron chi connectivity index (χ4n) is 2.65. The van der Waals surface area contributed by atoms with Crippen LogP contribution < -0.4 is 15.0 Å². The maximum Gasteiger partial charge on any atom is 0.322 e. The lowest BCUT2D eigenvalue weighted by atomic mass is 10.0. The SMILES string of the molecule is COc1ccc2c(c1)C(=O)CCN2C(=O)NCc1ccccc1. The summed E-state index contributed by atoms with van der Waals surface area (Å²) in [4.78, 5) is 26.2. The molecule has 0 atom stereocenters. The summed E-state index contributed by atoms with van der Waals surface area (Å²) in [5.74, 6) is 0.648. The Morgan fingerprint density at radius 2 is 2.00 bits per heavy atom. The van der Waals surface area contributed by atoms with Crippen molar-refractivity contribution in [2.45, 2.75) is 13.0 Å². The molecule has 0 fully saturated rings. The molecule has 1 N–H and O–H groups in total. The topological polar surface area (TPSA) is 58.6 Å². The quantitative estimate of drug-likeness (QED) is 0.948. The monoisotopic (exact) mass is 310 g/mol. The summed E-state index contributed by atoms with van der Waals surface area (Å²) in [6.45, 7) is 0.842. The van der Waals surface area contributed by atoms with Crippen LogP contribution in [0.5, 0.6) is 5.75 Å². The molecular weight excluding hydrogens is 292 g/mol. The van der Waals surface area contributed by atoms with Crippen molar-refractivity contribution in [3.63, 3.8) is 0 Å². The highest BCUT2D eigenvalue weighted by Crippen LogP contribution is 2.30. The zero-order valence-electron chi connectivity index (χ0n) is 12.9. The Morgan fingerprint density at radius 1 is 1.22 bits per heavy atom. The van der Waals surface area contributed by atoms with Gasteiger partial charge in [-0.25, -0.2) is 4.79 Å². The lowest BCUT2D eigenvalue weighted by Crippen LogP contribution is -2.43. The summed E-state index contributed by atoms with van der Waals surface area (Å²) in [6.07, 6.45) is 0.318. The van der Waals surface area contributed by atoms with E-state index in [0.717, 1.165) is 5.56 Å². The number of methoxy groups -OCH3 is 1. The molecule has 0 radical (unpaired) electrons.